The predicted octanol–water partition coefficient (Wildman–Crippen LogP) is 0.177. The lowest BCUT2D eigenvalue weighted by molar-refractivity contribution is 0.0955. The van der Waals surface area contributed by atoms with E-state index in [1.54, 1.807) is 6.07 Å². The van der Waals surface area contributed by atoms with Crippen molar-refractivity contribution < 1.29 is 13.2 Å². The summed E-state index contributed by atoms with van der Waals surface area (Å²) in [7, 11) is -3.68. The van der Waals surface area contributed by atoms with Crippen molar-refractivity contribution >= 4 is 38.8 Å². The van der Waals surface area contributed by atoms with Crippen LogP contribution in [0.1, 0.15) is 14.5 Å². The number of amides is 1. The quantitative estimate of drug-likeness (QED) is 0.836. The second kappa shape index (κ2) is 5.10. The summed E-state index contributed by atoms with van der Waals surface area (Å²) in [5, 5.41) is 11.2. The average Bonchev–Trinajstić information content (AvgIpc) is 2.96. The Morgan fingerprint density at radius 3 is 2.78 bits per heavy atom. The van der Waals surface area contributed by atoms with E-state index in [4.69, 9.17) is 5.14 Å². The maximum atomic E-state index is 11.6. The van der Waals surface area contributed by atoms with E-state index >= 15 is 0 Å². The molecule has 0 aromatic carbocycles. The lowest BCUT2D eigenvalue weighted by atomic mass is 10.4. The fourth-order valence-electron chi connectivity index (χ4n) is 1.13. The van der Waals surface area contributed by atoms with Crippen LogP contribution in [0.3, 0.4) is 0 Å². The summed E-state index contributed by atoms with van der Waals surface area (Å²) in [6.45, 7) is 0.233. The number of thiophene rings is 1. The maximum absolute atomic E-state index is 11.6. The zero-order valence-electron chi connectivity index (χ0n) is 8.86. The van der Waals surface area contributed by atoms with Crippen LogP contribution < -0.4 is 10.5 Å². The second-order valence-electron chi connectivity index (χ2n) is 3.23. The van der Waals surface area contributed by atoms with Gasteiger partial charge in [0, 0.05) is 4.88 Å². The molecule has 0 aliphatic carbocycles. The van der Waals surface area contributed by atoms with Crippen molar-refractivity contribution in [1.29, 1.82) is 0 Å². The third-order valence-corrected chi connectivity index (χ3v) is 5.11. The normalized spacial score (nSPS) is 11.4. The molecule has 0 atom stereocenters. The minimum atomic E-state index is -3.68. The summed E-state index contributed by atoms with van der Waals surface area (Å²) < 4.78 is 25.8. The van der Waals surface area contributed by atoms with Crippen molar-refractivity contribution in [2.75, 3.05) is 0 Å². The molecule has 7 nitrogen and oxygen atoms in total. The zero-order chi connectivity index (χ0) is 13.2. The number of nitrogens with two attached hydrogens (primary N) is 1. The number of hydrogen-bond acceptors (Lipinski definition) is 7. The van der Waals surface area contributed by atoms with Crippen LogP contribution in [0, 0.1) is 0 Å². The number of nitrogens with one attached hydrogen (secondary N) is 1. The molecule has 0 aliphatic heterocycles. The Labute approximate surface area is 111 Å². The second-order valence-corrected chi connectivity index (χ2v) is 6.97. The van der Waals surface area contributed by atoms with E-state index < -0.39 is 10.0 Å². The molecule has 2 aromatic heterocycles. The van der Waals surface area contributed by atoms with Gasteiger partial charge in [-0.15, -0.1) is 16.4 Å². The highest BCUT2D eigenvalue weighted by Gasteiger charge is 2.12. The topological polar surface area (TPSA) is 115 Å². The number of rotatable bonds is 4. The number of hydrogen-bond donors (Lipinski definition) is 2. The molecule has 0 saturated heterocycles. The standard InChI is InChI=1S/C8H8N4O3S3/c9-18(14,15)7-2-1-5(16-7)3-10-8(13)6-4-11-12-17-6/h1-2,4H,3H2,(H,10,13)(H2,9,14,15). The summed E-state index contributed by atoms with van der Waals surface area (Å²) in [4.78, 5) is 12.7. The molecule has 18 heavy (non-hydrogen) atoms. The van der Waals surface area contributed by atoms with Gasteiger partial charge in [0.25, 0.3) is 5.91 Å². The highest BCUT2D eigenvalue weighted by atomic mass is 32.2. The van der Waals surface area contributed by atoms with Gasteiger partial charge < -0.3 is 5.32 Å². The van der Waals surface area contributed by atoms with E-state index in [0.29, 0.717) is 9.75 Å². The van der Waals surface area contributed by atoms with Crippen LogP contribution in [0.4, 0.5) is 0 Å². The van der Waals surface area contributed by atoms with Crippen LogP contribution in [-0.4, -0.2) is 23.9 Å². The van der Waals surface area contributed by atoms with Crippen LogP contribution in [0.2, 0.25) is 0 Å². The summed E-state index contributed by atoms with van der Waals surface area (Å²) in [5.74, 6) is -0.296. The fraction of sp³-hybridized carbons (Fsp3) is 0.125. The molecule has 3 N–H and O–H groups in total. The molecule has 2 rings (SSSR count). The van der Waals surface area contributed by atoms with E-state index in [1.165, 1.54) is 12.3 Å². The molecule has 0 bridgehead atoms. The van der Waals surface area contributed by atoms with Gasteiger partial charge >= 0.3 is 0 Å². The van der Waals surface area contributed by atoms with Crippen LogP contribution in [0.25, 0.3) is 0 Å². The molecule has 0 unspecified atom stereocenters. The van der Waals surface area contributed by atoms with Gasteiger partial charge in [0.2, 0.25) is 10.0 Å². The van der Waals surface area contributed by atoms with Gasteiger partial charge in [0.05, 0.1) is 12.7 Å². The summed E-state index contributed by atoms with van der Waals surface area (Å²) >= 11 is 2.01. The first-order valence-electron chi connectivity index (χ1n) is 4.64. The smallest absolute Gasteiger partial charge is 0.264 e. The van der Waals surface area contributed by atoms with Crippen LogP contribution in [-0.2, 0) is 16.6 Å². The minimum absolute atomic E-state index is 0.0752. The Morgan fingerprint density at radius 1 is 1.44 bits per heavy atom. The molecule has 0 radical (unpaired) electrons. The molecular weight excluding hydrogens is 296 g/mol. The van der Waals surface area contributed by atoms with Gasteiger partial charge in [-0.05, 0) is 23.7 Å². The molecule has 0 aliphatic rings. The zero-order valence-corrected chi connectivity index (χ0v) is 11.3. The van der Waals surface area contributed by atoms with Crippen LogP contribution >= 0.6 is 22.9 Å². The van der Waals surface area contributed by atoms with Gasteiger partial charge in [-0.25, -0.2) is 13.6 Å². The third kappa shape index (κ3) is 3.10. The van der Waals surface area contributed by atoms with Crippen molar-refractivity contribution in [3.63, 3.8) is 0 Å². The first kappa shape index (κ1) is 13.1. The Kier molecular flexibility index (Phi) is 3.71. The van der Waals surface area contributed by atoms with Gasteiger partial charge in [-0.2, -0.15) is 0 Å². The van der Waals surface area contributed by atoms with Crippen molar-refractivity contribution in [2.24, 2.45) is 5.14 Å². The number of nitrogens with zero attached hydrogens (tertiary/aromatic N) is 2. The fourth-order valence-corrected chi connectivity index (χ4v) is 3.28. The molecule has 0 spiro atoms. The lowest BCUT2D eigenvalue weighted by Crippen LogP contribution is -2.21. The Morgan fingerprint density at radius 2 is 2.22 bits per heavy atom. The minimum Gasteiger partial charge on any atom is -0.346 e. The molecule has 2 aromatic rings. The van der Waals surface area contributed by atoms with Crippen molar-refractivity contribution in [1.82, 2.24) is 14.9 Å². The van der Waals surface area contributed by atoms with E-state index in [9.17, 15) is 13.2 Å². The summed E-state index contributed by atoms with van der Waals surface area (Å²) in [5.41, 5.74) is 0. The summed E-state index contributed by atoms with van der Waals surface area (Å²) in [6.07, 6.45) is 1.37. The van der Waals surface area contributed by atoms with E-state index in [-0.39, 0.29) is 16.7 Å². The van der Waals surface area contributed by atoms with E-state index in [0.717, 1.165) is 22.9 Å². The predicted molar refractivity (Wildman–Crippen MR) is 66.8 cm³/mol. The van der Waals surface area contributed by atoms with Crippen molar-refractivity contribution in [3.8, 4) is 0 Å². The number of primary sulfonamides is 1. The molecule has 96 valence electrons. The number of aromatic nitrogens is 2. The molecule has 10 heteroatoms. The SMILES string of the molecule is NS(=O)(=O)c1ccc(CNC(=O)c2cnns2)s1. The molecule has 2 heterocycles. The Hall–Kier alpha value is -1.36. The molecular formula is C8H8N4O3S3. The van der Waals surface area contributed by atoms with Crippen LogP contribution in [0.15, 0.2) is 22.5 Å². The summed E-state index contributed by atoms with van der Waals surface area (Å²) in [6, 6.07) is 3.02. The third-order valence-electron chi connectivity index (χ3n) is 1.93. The Bertz CT molecular complexity index is 647. The largest absolute Gasteiger partial charge is 0.346 e. The number of carbonyl (C=O) groups is 1. The van der Waals surface area contributed by atoms with Gasteiger partial charge in [0.15, 0.2) is 0 Å². The lowest BCUT2D eigenvalue weighted by Gasteiger charge is -1.99. The van der Waals surface area contributed by atoms with Gasteiger partial charge in [0.1, 0.15) is 9.09 Å². The molecule has 0 fully saturated rings. The highest BCUT2D eigenvalue weighted by Crippen LogP contribution is 2.20. The van der Waals surface area contributed by atoms with Gasteiger partial charge in [-0.1, -0.05) is 4.49 Å². The van der Waals surface area contributed by atoms with Crippen molar-refractivity contribution in [2.45, 2.75) is 10.8 Å². The monoisotopic (exact) mass is 304 g/mol. The van der Waals surface area contributed by atoms with Crippen LogP contribution in [0.5, 0.6) is 0 Å². The highest BCUT2D eigenvalue weighted by molar-refractivity contribution is 7.91. The number of sulfonamides is 1. The molecule has 1 amide bonds. The average molecular weight is 304 g/mol. The first-order valence-corrected chi connectivity index (χ1v) is 7.77. The molecule has 0 saturated carbocycles. The number of carbonyl (C=O) groups excluding carboxylic acids is 1. The van der Waals surface area contributed by atoms with Crippen molar-refractivity contribution in [3.05, 3.63) is 28.1 Å². The van der Waals surface area contributed by atoms with E-state index in [2.05, 4.69) is 14.9 Å². The Balaban J connectivity index is 1.99. The van der Waals surface area contributed by atoms with E-state index in [1.807, 2.05) is 0 Å². The first-order chi connectivity index (χ1) is 8.47. The maximum Gasteiger partial charge on any atom is 0.264 e. The van der Waals surface area contributed by atoms with Gasteiger partial charge in [-0.3, -0.25) is 4.79 Å².